The van der Waals surface area contributed by atoms with E-state index >= 15 is 0 Å². The second-order valence-electron chi connectivity index (χ2n) is 8.39. The first kappa shape index (κ1) is 18.1. The average Bonchev–Trinajstić information content (AvgIpc) is 3.34. The third-order valence-corrected chi connectivity index (χ3v) is 6.73. The molecular formula is C21H29N5O2. The number of amides is 1. The van der Waals surface area contributed by atoms with Gasteiger partial charge in [0.1, 0.15) is 0 Å². The second kappa shape index (κ2) is 7.81. The number of piperidine rings is 1. The molecule has 1 aromatic heterocycles. The fourth-order valence-electron chi connectivity index (χ4n) is 5.04. The first-order chi connectivity index (χ1) is 13.8. The van der Waals surface area contributed by atoms with Crippen molar-refractivity contribution in [2.45, 2.75) is 37.6 Å². The van der Waals surface area contributed by atoms with Gasteiger partial charge < -0.3 is 14.3 Å². The van der Waals surface area contributed by atoms with Gasteiger partial charge in [-0.05, 0) is 50.9 Å². The number of hydrazine groups is 1. The molecule has 7 heteroatoms. The number of carbonyl (C=O) groups is 1. The number of nitrogens with zero attached hydrogens (tertiary/aromatic N) is 3. The van der Waals surface area contributed by atoms with E-state index < -0.39 is 0 Å². The Morgan fingerprint density at radius 2 is 1.96 bits per heavy atom. The maximum absolute atomic E-state index is 12.8. The van der Waals surface area contributed by atoms with Crippen molar-refractivity contribution < 1.29 is 9.32 Å². The molecule has 3 aliphatic heterocycles. The zero-order chi connectivity index (χ0) is 18.9. The Labute approximate surface area is 165 Å². The smallest absolute Gasteiger partial charge is 0.228 e. The number of aromatic nitrogens is 1. The van der Waals surface area contributed by atoms with E-state index in [1.54, 1.807) is 0 Å². The Hall–Kier alpha value is -1.96. The van der Waals surface area contributed by atoms with Crippen LogP contribution in [0.2, 0.25) is 0 Å². The summed E-state index contributed by atoms with van der Waals surface area (Å²) in [5.41, 5.74) is 8.42. The Bertz CT molecular complexity index is 829. The first-order valence-corrected chi connectivity index (χ1v) is 10.6. The van der Waals surface area contributed by atoms with Crippen LogP contribution in [0, 0.1) is 5.92 Å². The molecule has 2 unspecified atom stereocenters. The molecule has 1 aromatic carbocycles. The molecule has 4 heterocycles. The van der Waals surface area contributed by atoms with Crippen LogP contribution >= 0.6 is 0 Å². The number of likely N-dealkylation sites (tertiary alicyclic amines) is 2. The molecule has 28 heavy (non-hydrogen) atoms. The third-order valence-electron chi connectivity index (χ3n) is 6.73. The second-order valence-corrected chi connectivity index (χ2v) is 8.39. The molecule has 7 nitrogen and oxygen atoms in total. The van der Waals surface area contributed by atoms with Crippen molar-refractivity contribution in [3.8, 4) is 0 Å². The summed E-state index contributed by atoms with van der Waals surface area (Å²) in [7, 11) is 0. The molecule has 1 amide bonds. The topological polar surface area (TPSA) is 73.6 Å². The van der Waals surface area contributed by atoms with E-state index in [4.69, 9.17) is 4.52 Å². The van der Waals surface area contributed by atoms with Crippen LogP contribution in [0.25, 0.3) is 11.0 Å². The summed E-state index contributed by atoms with van der Waals surface area (Å²) in [4.78, 5) is 17.4. The minimum absolute atomic E-state index is 0.105. The lowest BCUT2D eigenvalue weighted by Gasteiger charge is -2.33. The van der Waals surface area contributed by atoms with Crippen molar-refractivity contribution in [2.75, 3.05) is 39.3 Å². The van der Waals surface area contributed by atoms with Crippen molar-refractivity contribution in [1.29, 1.82) is 0 Å². The van der Waals surface area contributed by atoms with Crippen LogP contribution in [0.1, 0.15) is 37.3 Å². The normalized spacial score (nSPS) is 27.3. The van der Waals surface area contributed by atoms with Crippen LogP contribution < -0.4 is 10.9 Å². The van der Waals surface area contributed by atoms with Crippen LogP contribution in [0.4, 0.5) is 0 Å². The highest BCUT2D eigenvalue weighted by molar-refractivity contribution is 5.80. The van der Waals surface area contributed by atoms with Gasteiger partial charge in [0.15, 0.2) is 5.58 Å². The van der Waals surface area contributed by atoms with Crippen LogP contribution in [0.15, 0.2) is 28.8 Å². The van der Waals surface area contributed by atoms with Crippen molar-refractivity contribution in [2.24, 2.45) is 5.92 Å². The number of carbonyl (C=O) groups excluding carboxylic acids is 1. The Morgan fingerprint density at radius 1 is 1.11 bits per heavy atom. The summed E-state index contributed by atoms with van der Waals surface area (Å²) in [6, 6.07) is 8.45. The maximum atomic E-state index is 12.8. The maximum Gasteiger partial charge on any atom is 0.228 e. The summed E-state index contributed by atoms with van der Waals surface area (Å²) < 4.78 is 5.50. The molecule has 5 rings (SSSR count). The van der Waals surface area contributed by atoms with Crippen LogP contribution in [0.3, 0.4) is 0 Å². The number of nitrogens with one attached hydrogen (secondary N) is 2. The van der Waals surface area contributed by atoms with Crippen molar-refractivity contribution in [3.63, 3.8) is 0 Å². The summed E-state index contributed by atoms with van der Waals surface area (Å²) in [6.07, 6.45) is 4.37. The molecule has 0 aliphatic carbocycles. The average molecular weight is 383 g/mol. The van der Waals surface area contributed by atoms with E-state index in [0.29, 0.717) is 17.9 Å². The zero-order valence-corrected chi connectivity index (χ0v) is 16.3. The summed E-state index contributed by atoms with van der Waals surface area (Å²) >= 11 is 0. The van der Waals surface area contributed by atoms with E-state index in [-0.39, 0.29) is 5.92 Å². The first-order valence-electron chi connectivity index (χ1n) is 10.6. The fourth-order valence-corrected chi connectivity index (χ4v) is 5.04. The molecule has 0 bridgehead atoms. The highest BCUT2D eigenvalue weighted by atomic mass is 16.5. The third kappa shape index (κ3) is 3.43. The largest absolute Gasteiger partial charge is 0.356 e. The zero-order valence-electron chi connectivity index (χ0n) is 16.3. The highest BCUT2D eigenvalue weighted by Crippen LogP contribution is 2.32. The molecule has 2 N–H and O–H groups in total. The lowest BCUT2D eigenvalue weighted by Crippen LogP contribution is -2.44. The van der Waals surface area contributed by atoms with E-state index in [1.807, 2.05) is 12.1 Å². The molecular weight excluding hydrogens is 354 g/mol. The van der Waals surface area contributed by atoms with Gasteiger partial charge in [0, 0.05) is 43.5 Å². The molecule has 3 fully saturated rings. The predicted molar refractivity (Wildman–Crippen MR) is 107 cm³/mol. The van der Waals surface area contributed by atoms with Crippen molar-refractivity contribution in [3.05, 3.63) is 30.0 Å². The van der Waals surface area contributed by atoms with Gasteiger partial charge in [0.05, 0.1) is 11.6 Å². The molecule has 3 aliphatic rings. The van der Waals surface area contributed by atoms with Gasteiger partial charge in [0.2, 0.25) is 5.91 Å². The van der Waals surface area contributed by atoms with Gasteiger partial charge >= 0.3 is 0 Å². The fraction of sp³-hybridized carbons (Fsp3) is 0.619. The van der Waals surface area contributed by atoms with E-state index in [1.165, 1.54) is 0 Å². The summed E-state index contributed by atoms with van der Waals surface area (Å²) in [6.45, 7) is 5.59. The van der Waals surface area contributed by atoms with E-state index in [2.05, 4.69) is 37.9 Å². The molecule has 2 atom stereocenters. The number of fused-ring (bicyclic) bond motifs is 2. The number of benzene rings is 1. The molecule has 0 radical (unpaired) electrons. The van der Waals surface area contributed by atoms with Gasteiger partial charge in [-0.1, -0.05) is 17.3 Å². The monoisotopic (exact) mass is 383 g/mol. The Balaban J connectivity index is 1.15. The van der Waals surface area contributed by atoms with E-state index in [0.717, 1.165) is 81.6 Å². The standard InChI is InChI=1S/C21H29N5O2/c27-21-17-14-22-23-18(17)5-3-9-26(21)13-12-25-10-7-15(8-11-25)20-16-4-1-2-6-19(16)28-24-20/h1-2,4,6,15,17-18,22-23H,3,5,7-14H2. The summed E-state index contributed by atoms with van der Waals surface area (Å²) in [5, 5.41) is 5.51. The van der Waals surface area contributed by atoms with Crippen molar-refractivity contribution in [1.82, 2.24) is 25.8 Å². The van der Waals surface area contributed by atoms with Gasteiger partial charge in [-0.15, -0.1) is 0 Å². The molecule has 2 aromatic rings. The van der Waals surface area contributed by atoms with Gasteiger partial charge in [-0.2, -0.15) is 0 Å². The predicted octanol–water partition coefficient (Wildman–Crippen LogP) is 1.72. The SMILES string of the molecule is O=C1C2CNNC2CCCN1CCN1CCC(c2noc3ccccc23)CC1. The van der Waals surface area contributed by atoms with Crippen molar-refractivity contribution >= 4 is 16.9 Å². The number of rotatable bonds is 4. The number of para-hydroxylation sites is 1. The minimum atomic E-state index is 0.105. The van der Waals surface area contributed by atoms with E-state index in [9.17, 15) is 4.79 Å². The van der Waals surface area contributed by atoms with Gasteiger partial charge in [-0.3, -0.25) is 15.6 Å². The summed E-state index contributed by atoms with van der Waals surface area (Å²) in [5.74, 6) is 0.897. The Morgan fingerprint density at radius 3 is 2.86 bits per heavy atom. The quantitative estimate of drug-likeness (QED) is 0.838. The number of hydrogen-bond donors (Lipinski definition) is 2. The van der Waals surface area contributed by atoms with Gasteiger partial charge in [-0.25, -0.2) is 0 Å². The minimum Gasteiger partial charge on any atom is -0.356 e. The van der Waals surface area contributed by atoms with Crippen LogP contribution in [-0.2, 0) is 4.79 Å². The lowest BCUT2D eigenvalue weighted by atomic mass is 9.91. The Kier molecular flexibility index (Phi) is 5.05. The highest BCUT2D eigenvalue weighted by Gasteiger charge is 2.37. The lowest BCUT2D eigenvalue weighted by molar-refractivity contribution is -0.134. The molecule has 150 valence electrons. The van der Waals surface area contributed by atoms with Crippen LogP contribution in [-0.4, -0.2) is 66.2 Å². The van der Waals surface area contributed by atoms with Gasteiger partial charge in [0.25, 0.3) is 0 Å². The molecule has 3 saturated heterocycles. The molecule has 0 saturated carbocycles. The number of hydrogen-bond acceptors (Lipinski definition) is 6. The van der Waals surface area contributed by atoms with Crippen LogP contribution in [0.5, 0.6) is 0 Å². The molecule has 0 spiro atoms.